The molecule has 1 aromatic rings. The molecule has 0 aromatic heterocycles. The van der Waals surface area contributed by atoms with Crippen LogP contribution >= 0.6 is 18.2 Å². The molecular formula is C12H18ClO9P. The van der Waals surface area contributed by atoms with Gasteiger partial charge in [-0.05, 0) is 12.1 Å². The maximum atomic E-state index is 11.4. The monoisotopic (exact) mass is 372 g/mol. The number of hydrogen-bond acceptors (Lipinski definition) is 8. The number of para-hydroxylation sites is 1. The molecule has 0 saturated heterocycles. The molecule has 1 rings (SSSR count). The summed E-state index contributed by atoms with van der Waals surface area (Å²) >= 11 is 5.27. The molecule has 1 atom stereocenters. The maximum Gasteiger partial charge on any atom is 0.474 e. The van der Waals surface area contributed by atoms with Crippen LogP contribution in [0.3, 0.4) is 0 Å². The first-order valence-corrected chi connectivity index (χ1v) is 8.62. The lowest BCUT2D eigenvalue weighted by Gasteiger charge is -2.21. The predicted octanol–water partition coefficient (Wildman–Crippen LogP) is 2.32. The van der Waals surface area contributed by atoms with Gasteiger partial charge in [-0.3, -0.25) is 0 Å². The zero-order chi connectivity index (χ0) is 17.5. The second-order valence-corrected chi connectivity index (χ2v) is 6.25. The Kier molecular flexibility index (Phi) is 8.07. The summed E-state index contributed by atoms with van der Waals surface area (Å²) in [6.07, 6.45) is 0. The van der Waals surface area contributed by atoms with Gasteiger partial charge < -0.3 is 37.8 Å². The maximum absolute atomic E-state index is 11.4. The molecule has 11 heteroatoms. The normalized spacial score (nSPS) is 13.9. The number of methoxy groups -OCH3 is 4. The third kappa shape index (κ3) is 6.52. The van der Waals surface area contributed by atoms with Crippen LogP contribution in [0.2, 0.25) is 0 Å². The van der Waals surface area contributed by atoms with Crippen molar-refractivity contribution in [3.8, 4) is 17.2 Å². The summed E-state index contributed by atoms with van der Waals surface area (Å²) in [4.78, 5) is 9.28. The molecule has 9 nitrogen and oxygen atoms in total. The van der Waals surface area contributed by atoms with Gasteiger partial charge in [0.15, 0.2) is 11.5 Å². The third-order valence-electron chi connectivity index (χ3n) is 2.36. The van der Waals surface area contributed by atoms with E-state index < -0.39 is 19.9 Å². The second-order valence-electron chi connectivity index (χ2n) is 3.88. The van der Waals surface area contributed by atoms with Crippen molar-refractivity contribution in [2.45, 2.75) is 13.0 Å². The lowest BCUT2D eigenvalue weighted by atomic mass is 10.3. The molecule has 0 radical (unpaired) electrons. The predicted molar refractivity (Wildman–Crippen MR) is 79.6 cm³/mol. The molecule has 1 unspecified atom stereocenters. The van der Waals surface area contributed by atoms with Crippen LogP contribution < -0.4 is 14.0 Å². The fraction of sp³-hybridized carbons (Fsp3) is 0.500. The van der Waals surface area contributed by atoms with E-state index in [0.717, 1.165) is 0 Å². The molecule has 0 spiro atoms. The molecule has 1 aromatic carbocycles. The van der Waals surface area contributed by atoms with Crippen molar-refractivity contribution in [1.82, 2.24) is 0 Å². The van der Waals surface area contributed by atoms with E-state index in [2.05, 4.69) is 0 Å². The molecule has 0 aliphatic carbocycles. The van der Waals surface area contributed by atoms with E-state index >= 15 is 0 Å². The van der Waals surface area contributed by atoms with Crippen molar-refractivity contribution in [2.75, 3.05) is 28.4 Å². The van der Waals surface area contributed by atoms with Crippen LogP contribution in [-0.2, 0) is 23.5 Å². The van der Waals surface area contributed by atoms with E-state index in [9.17, 15) is 9.46 Å². The van der Waals surface area contributed by atoms with Crippen molar-refractivity contribution in [1.29, 1.82) is 0 Å². The number of benzene rings is 1. The summed E-state index contributed by atoms with van der Waals surface area (Å²) in [6, 6.07) is 4.42. The summed E-state index contributed by atoms with van der Waals surface area (Å²) in [7, 11) is 5.39. The van der Waals surface area contributed by atoms with Gasteiger partial charge in [0.05, 0.1) is 0 Å². The average molecular weight is 373 g/mol. The lowest BCUT2D eigenvalue weighted by Crippen LogP contribution is -2.22. The summed E-state index contributed by atoms with van der Waals surface area (Å²) in [5.74, 6) is -0.249. The Morgan fingerprint density at radius 1 is 0.957 bits per heavy atom. The van der Waals surface area contributed by atoms with Crippen LogP contribution in [-0.4, -0.2) is 46.3 Å². The van der Waals surface area contributed by atoms with Crippen LogP contribution in [0.15, 0.2) is 18.2 Å². The van der Waals surface area contributed by atoms with Crippen LogP contribution in [0, 0.1) is 0 Å². The third-order valence-corrected chi connectivity index (χ3v) is 2.98. The summed E-state index contributed by atoms with van der Waals surface area (Å²) in [5, 5.41) is 0. The molecule has 0 fully saturated rings. The van der Waals surface area contributed by atoms with Crippen LogP contribution in [0.4, 0.5) is 0 Å². The van der Waals surface area contributed by atoms with E-state index in [0.29, 0.717) is 0 Å². The Bertz CT molecular complexity index is 495. The van der Waals surface area contributed by atoms with Crippen LogP contribution in [0.25, 0.3) is 0 Å². The Labute approximate surface area is 138 Å². The molecular weight excluding hydrogens is 355 g/mol. The van der Waals surface area contributed by atoms with Crippen molar-refractivity contribution in [3.05, 3.63) is 18.2 Å². The number of hydrogen-bond donors (Lipinski definition) is 1. The summed E-state index contributed by atoms with van der Waals surface area (Å²) in [5.41, 5.74) is 0. The zero-order valence-electron chi connectivity index (χ0n) is 12.9. The van der Waals surface area contributed by atoms with Gasteiger partial charge >= 0.3 is 19.9 Å². The lowest BCUT2D eigenvalue weighted by molar-refractivity contribution is -0.222. The number of ether oxygens (including phenoxy) is 6. The van der Waals surface area contributed by atoms with Crippen LogP contribution in [0.1, 0.15) is 0 Å². The van der Waals surface area contributed by atoms with Crippen molar-refractivity contribution in [2.24, 2.45) is 0 Å². The molecule has 0 aliphatic heterocycles. The highest BCUT2D eigenvalue weighted by Crippen LogP contribution is 2.53. The van der Waals surface area contributed by atoms with Gasteiger partial charge in [0.1, 0.15) is 0 Å². The van der Waals surface area contributed by atoms with E-state index in [1.807, 2.05) is 0 Å². The van der Waals surface area contributed by atoms with Gasteiger partial charge in [-0.15, -0.1) is 0 Å². The largest absolute Gasteiger partial charge is 0.474 e. The first kappa shape index (κ1) is 20.0. The first-order chi connectivity index (χ1) is 10.8. The molecule has 1 N–H and O–H groups in total. The average Bonchev–Trinajstić information content (AvgIpc) is 2.51. The standard InChI is InChI=1S/C12H18ClO9P/c1-16-11(17-2)20-8-6-5-7-9(21-12(18-3)19-4)10(8)22-23(13,14)15/h5-7,11-12H,1-4H3,(H,14,15). The minimum atomic E-state index is -4.41. The zero-order valence-corrected chi connectivity index (χ0v) is 14.6. The molecule has 0 saturated carbocycles. The molecule has 132 valence electrons. The van der Waals surface area contributed by atoms with Gasteiger partial charge in [-0.2, -0.15) is 0 Å². The summed E-state index contributed by atoms with van der Waals surface area (Å²) < 4.78 is 46.6. The molecule has 0 heterocycles. The fourth-order valence-electron chi connectivity index (χ4n) is 1.48. The van der Waals surface area contributed by atoms with Crippen molar-refractivity contribution >= 4 is 18.2 Å². The summed E-state index contributed by atoms with van der Waals surface area (Å²) in [6.45, 7) is -6.58. The molecule has 0 bridgehead atoms. The van der Waals surface area contributed by atoms with E-state index in [4.69, 9.17) is 44.2 Å². The molecule has 23 heavy (non-hydrogen) atoms. The Morgan fingerprint density at radius 2 is 1.35 bits per heavy atom. The quantitative estimate of drug-likeness (QED) is 0.489. The molecule has 0 amide bonds. The van der Waals surface area contributed by atoms with E-state index in [-0.39, 0.29) is 17.2 Å². The highest BCUT2D eigenvalue weighted by atomic mass is 35.7. The topological polar surface area (TPSA) is 102 Å². The van der Waals surface area contributed by atoms with E-state index in [1.165, 1.54) is 40.6 Å². The Balaban J connectivity index is 3.20. The minimum absolute atomic E-state index is 0.00270. The van der Waals surface area contributed by atoms with Gasteiger partial charge in [0, 0.05) is 39.7 Å². The highest BCUT2D eigenvalue weighted by molar-refractivity contribution is 7.80. The van der Waals surface area contributed by atoms with Crippen molar-refractivity contribution < 1.29 is 42.4 Å². The first-order valence-electron chi connectivity index (χ1n) is 6.14. The number of halogens is 1. The Morgan fingerprint density at radius 3 is 1.65 bits per heavy atom. The number of rotatable bonds is 10. The van der Waals surface area contributed by atoms with Crippen molar-refractivity contribution in [3.63, 3.8) is 0 Å². The Hall–Kier alpha value is -1.06. The van der Waals surface area contributed by atoms with Gasteiger partial charge in [0.2, 0.25) is 5.75 Å². The van der Waals surface area contributed by atoms with Gasteiger partial charge in [-0.25, -0.2) is 4.57 Å². The highest BCUT2D eigenvalue weighted by Gasteiger charge is 2.26. The smallest absolute Gasteiger partial charge is 0.437 e. The van der Waals surface area contributed by atoms with Gasteiger partial charge in [0.25, 0.3) is 0 Å². The molecule has 0 aliphatic rings. The van der Waals surface area contributed by atoms with Gasteiger partial charge in [-0.1, -0.05) is 6.07 Å². The SMILES string of the molecule is COC(OC)Oc1cccc(OC(OC)OC)c1OP(=O)(O)Cl. The minimum Gasteiger partial charge on any atom is -0.437 e. The van der Waals surface area contributed by atoms with Crippen LogP contribution in [0.5, 0.6) is 17.2 Å². The fourth-order valence-corrected chi connectivity index (χ4v) is 2.09. The van der Waals surface area contributed by atoms with E-state index in [1.54, 1.807) is 6.07 Å². The second kappa shape index (κ2) is 9.29.